The van der Waals surface area contributed by atoms with Crippen molar-refractivity contribution in [1.29, 1.82) is 0 Å². The van der Waals surface area contributed by atoms with Crippen LogP contribution < -0.4 is 22.3 Å². The second-order valence-corrected chi connectivity index (χ2v) is 4.10. The summed E-state index contributed by atoms with van der Waals surface area (Å²) < 4.78 is 0. The van der Waals surface area contributed by atoms with Crippen molar-refractivity contribution < 1.29 is 11.0 Å². The van der Waals surface area contributed by atoms with Gasteiger partial charge in [-0.15, -0.1) is 0 Å². The number of hydrazine groups is 1. The number of anilines is 2. The van der Waals surface area contributed by atoms with E-state index in [1.807, 2.05) is 25.3 Å². The van der Waals surface area contributed by atoms with Crippen LogP contribution in [-0.2, 0) is 0 Å². The van der Waals surface area contributed by atoms with E-state index in [0.717, 1.165) is 0 Å². The molecule has 0 saturated heterocycles. The molecule has 0 aliphatic heterocycles. The second kappa shape index (κ2) is 8.43. The molecule has 22 heavy (non-hydrogen) atoms. The average molecular weight is 302 g/mol. The molecule has 0 aliphatic carbocycles. The SMILES string of the molecule is CC.NNC(=O)c1cc(NC(=O)c2ccccc2)ccc1N.[HH]. The fourth-order valence-electron chi connectivity index (χ4n) is 1.70. The first-order chi connectivity index (χ1) is 10.6. The van der Waals surface area contributed by atoms with Crippen LogP contribution in [0.3, 0.4) is 0 Å². The molecule has 2 amide bonds. The Kier molecular flexibility index (Phi) is 6.59. The Bertz CT molecular complexity index is 648. The van der Waals surface area contributed by atoms with Gasteiger partial charge in [0.05, 0.1) is 5.56 Å². The van der Waals surface area contributed by atoms with Crippen LogP contribution in [0.2, 0.25) is 0 Å². The third-order valence-electron chi connectivity index (χ3n) is 2.72. The zero-order chi connectivity index (χ0) is 16.5. The van der Waals surface area contributed by atoms with Crippen molar-refractivity contribution in [3.8, 4) is 0 Å². The minimum absolute atomic E-state index is 0. The van der Waals surface area contributed by atoms with Crippen LogP contribution in [-0.4, -0.2) is 11.8 Å². The first-order valence-electron chi connectivity index (χ1n) is 6.88. The van der Waals surface area contributed by atoms with Gasteiger partial charge >= 0.3 is 0 Å². The molecular formula is C16H22N4O2. The average Bonchev–Trinajstić information content (AvgIpc) is 2.58. The molecule has 0 unspecified atom stereocenters. The van der Waals surface area contributed by atoms with Gasteiger partial charge in [-0.2, -0.15) is 0 Å². The fourth-order valence-corrected chi connectivity index (χ4v) is 1.70. The third-order valence-corrected chi connectivity index (χ3v) is 2.72. The van der Waals surface area contributed by atoms with E-state index in [9.17, 15) is 9.59 Å². The van der Waals surface area contributed by atoms with E-state index >= 15 is 0 Å². The summed E-state index contributed by atoms with van der Waals surface area (Å²) in [7, 11) is 0. The van der Waals surface area contributed by atoms with E-state index in [-0.39, 0.29) is 18.6 Å². The van der Waals surface area contributed by atoms with Gasteiger partial charge in [0.25, 0.3) is 11.8 Å². The lowest BCUT2D eigenvalue weighted by Gasteiger charge is -2.09. The molecule has 0 spiro atoms. The molecule has 2 aromatic rings. The first-order valence-corrected chi connectivity index (χ1v) is 6.88. The molecule has 6 nitrogen and oxygen atoms in total. The number of nitrogens with two attached hydrogens (primary N) is 2. The van der Waals surface area contributed by atoms with Gasteiger partial charge < -0.3 is 11.1 Å². The van der Waals surface area contributed by atoms with Crippen LogP contribution in [0.4, 0.5) is 11.4 Å². The fraction of sp³-hybridized carbons (Fsp3) is 0.125. The second-order valence-electron chi connectivity index (χ2n) is 4.10. The summed E-state index contributed by atoms with van der Waals surface area (Å²) in [6.07, 6.45) is 0. The summed E-state index contributed by atoms with van der Waals surface area (Å²) in [5.74, 6) is 4.29. The van der Waals surface area contributed by atoms with E-state index in [0.29, 0.717) is 11.3 Å². The molecule has 118 valence electrons. The number of nitrogen functional groups attached to an aromatic ring is 2. The monoisotopic (exact) mass is 302 g/mol. The molecule has 0 heterocycles. The van der Waals surface area contributed by atoms with Crippen LogP contribution in [0.5, 0.6) is 0 Å². The van der Waals surface area contributed by atoms with Gasteiger partial charge in [-0.05, 0) is 30.3 Å². The summed E-state index contributed by atoms with van der Waals surface area (Å²) in [5, 5.41) is 2.69. The smallest absolute Gasteiger partial charge is 0.267 e. The maximum atomic E-state index is 12.0. The van der Waals surface area contributed by atoms with Gasteiger partial charge in [-0.1, -0.05) is 32.0 Å². The summed E-state index contributed by atoms with van der Waals surface area (Å²) in [5.41, 5.74) is 9.16. The Balaban J connectivity index is 0.00000155. The molecule has 2 rings (SSSR count). The molecule has 0 aliphatic rings. The highest BCUT2D eigenvalue weighted by Gasteiger charge is 2.11. The van der Waals surface area contributed by atoms with E-state index in [2.05, 4.69) is 5.32 Å². The molecule has 0 saturated carbocycles. The van der Waals surface area contributed by atoms with E-state index < -0.39 is 5.91 Å². The normalized spacial score (nSPS) is 9.23. The van der Waals surface area contributed by atoms with Crippen LogP contribution in [0, 0.1) is 0 Å². The molecule has 6 heteroatoms. The Morgan fingerprint density at radius 3 is 2.23 bits per heavy atom. The quantitative estimate of drug-likeness (QED) is 0.302. The van der Waals surface area contributed by atoms with Gasteiger partial charge in [0.2, 0.25) is 0 Å². The molecule has 2 aromatic carbocycles. The number of carbonyl (C=O) groups excluding carboxylic acids is 2. The Hall–Kier alpha value is -2.86. The highest BCUT2D eigenvalue weighted by molar-refractivity contribution is 6.06. The van der Waals surface area contributed by atoms with Gasteiger partial charge in [0.1, 0.15) is 0 Å². The largest absolute Gasteiger partial charge is 0.398 e. The standard InChI is InChI=1S/C14H14N4O2.C2H6.H2/c15-12-7-6-10(8-11(12)14(20)18-16)17-13(19)9-4-2-1-3-5-9;1-2;/h1-8H,15-16H2,(H,17,19)(H,18,20);1-2H3;1H. The number of hydrogen-bond acceptors (Lipinski definition) is 4. The molecule has 0 atom stereocenters. The Labute approximate surface area is 131 Å². The third kappa shape index (κ3) is 4.32. The van der Waals surface area contributed by atoms with Gasteiger partial charge in [0, 0.05) is 18.4 Å². The predicted octanol–water partition coefficient (Wildman–Crippen LogP) is 2.40. The zero-order valence-corrected chi connectivity index (χ0v) is 12.6. The van der Waals surface area contributed by atoms with Crippen molar-refractivity contribution in [2.45, 2.75) is 13.8 Å². The highest BCUT2D eigenvalue weighted by Crippen LogP contribution is 2.18. The predicted molar refractivity (Wildman–Crippen MR) is 90.4 cm³/mol. The number of rotatable bonds is 3. The first kappa shape index (κ1) is 17.2. The van der Waals surface area contributed by atoms with E-state index in [4.69, 9.17) is 11.6 Å². The molecular weight excluding hydrogens is 280 g/mol. The topological polar surface area (TPSA) is 110 Å². The number of hydrogen-bond donors (Lipinski definition) is 4. The Morgan fingerprint density at radius 1 is 1.00 bits per heavy atom. The summed E-state index contributed by atoms with van der Waals surface area (Å²) in [4.78, 5) is 23.5. The van der Waals surface area contributed by atoms with Crippen molar-refractivity contribution in [1.82, 2.24) is 5.43 Å². The summed E-state index contributed by atoms with van der Waals surface area (Å²) >= 11 is 0. The van der Waals surface area contributed by atoms with E-state index in [1.54, 1.807) is 30.3 Å². The van der Waals surface area contributed by atoms with Crippen LogP contribution in [0.15, 0.2) is 48.5 Å². The van der Waals surface area contributed by atoms with Gasteiger partial charge in [-0.25, -0.2) is 5.84 Å². The van der Waals surface area contributed by atoms with Crippen molar-refractivity contribution in [2.24, 2.45) is 5.84 Å². The van der Waals surface area contributed by atoms with Crippen molar-refractivity contribution in [3.63, 3.8) is 0 Å². The van der Waals surface area contributed by atoms with Gasteiger partial charge in [0.15, 0.2) is 0 Å². The van der Waals surface area contributed by atoms with Crippen molar-refractivity contribution in [3.05, 3.63) is 59.7 Å². The Morgan fingerprint density at radius 2 is 1.64 bits per heavy atom. The molecule has 0 fully saturated rings. The number of nitrogens with one attached hydrogen (secondary N) is 2. The minimum atomic E-state index is -0.515. The van der Waals surface area contributed by atoms with Crippen LogP contribution in [0.1, 0.15) is 36.0 Å². The highest BCUT2D eigenvalue weighted by atomic mass is 16.2. The number of amides is 2. The maximum Gasteiger partial charge on any atom is 0.267 e. The van der Waals surface area contributed by atoms with Crippen molar-refractivity contribution in [2.75, 3.05) is 11.1 Å². The molecule has 6 N–H and O–H groups in total. The maximum absolute atomic E-state index is 12.0. The zero-order valence-electron chi connectivity index (χ0n) is 12.6. The lowest BCUT2D eigenvalue weighted by Crippen LogP contribution is -2.30. The molecule has 0 radical (unpaired) electrons. The van der Waals surface area contributed by atoms with Gasteiger partial charge in [-0.3, -0.25) is 15.0 Å². The summed E-state index contributed by atoms with van der Waals surface area (Å²) in [6, 6.07) is 13.4. The summed E-state index contributed by atoms with van der Waals surface area (Å²) in [6.45, 7) is 4.00. The molecule has 0 aromatic heterocycles. The van der Waals surface area contributed by atoms with Crippen molar-refractivity contribution >= 4 is 23.2 Å². The lowest BCUT2D eigenvalue weighted by molar-refractivity contribution is 0.0953. The van der Waals surface area contributed by atoms with Crippen LogP contribution in [0.25, 0.3) is 0 Å². The number of carbonyl (C=O) groups is 2. The van der Waals surface area contributed by atoms with E-state index in [1.165, 1.54) is 12.1 Å². The van der Waals surface area contributed by atoms with Crippen LogP contribution >= 0.6 is 0 Å². The molecule has 0 bridgehead atoms. The number of benzene rings is 2. The lowest BCUT2D eigenvalue weighted by atomic mass is 10.1. The minimum Gasteiger partial charge on any atom is -0.398 e.